The number of hydrogen-bond donors (Lipinski definition) is 2. The zero-order chi connectivity index (χ0) is 17.8. The highest BCUT2D eigenvalue weighted by molar-refractivity contribution is 7.10. The lowest BCUT2D eigenvalue weighted by molar-refractivity contribution is -0.127. The van der Waals surface area contributed by atoms with Gasteiger partial charge in [-0.3, -0.25) is 9.59 Å². The molecule has 0 unspecified atom stereocenters. The van der Waals surface area contributed by atoms with Gasteiger partial charge in [-0.2, -0.15) is 0 Å². The number of thiophene rings is 1. The van der Waals surface area contributed by atoms with Gasteiger partial charge in [-0.15, -0.1) is 11.3 Å². The molecule has 7 nitrogen and oxygen atoms in total. The standard InChI is InChI=1S/C17H15N3O4S/c1-24-14-7-3-2-6-12(14)18-15(21)10-20-16(22)13(19-17(20)23)9-11-5-4-8-25-11/h2-9H,10H2,1H3,(H,18,21)(H,19,23)/b13-9+. The van der Waals surface area contributed by atoms with Gasteiger partial charge in [0.15, 0.2) is 0 Å². The molecule has 2 heterocycles. The van der Waals surface area contributed by atoms with E-state index in [1.54, 1.807) is 30.3 Å². The minimum Gasteiger partial charge on any atom is -0.495 e. The van der Waals surface area contributed by atoms with Crippen molar-refractivity contribution in [3.05, 3.63) is 52.4 Å². The molecule has 1 aliphatic rings. The molecule has 0 spiro atoms. The van der Waals surface area contributed by atoms with Gasteiger partial charge in [0.1, 0.15) is 18.0 Å². The topological polar surface area (TPSA) is 87.7 Å². The van der Waals surface area contributed by atoms with Crippen LogP contribution in [0.25, 0.3) is 6.08 Å². The number of amides is 4. The number of carbonyl (C=O) groups is 3. The van der Waals surface area contributed by atoms with Crippen LogP contribution in [-0.2, 0) is 9.59 Å². The van der Waals surface area contributed by atoms with Gasteiger partial charge < -0.3 is 15.4 Å². The van der Waals surface area contributed by atoms with Crippen molar-refractivity contribution < 1.29 is 19.1 Å². The van der Waals surface area contributed by atoms with Crippen LogP contribution in [0.15, 0.2) is 47.5 Å². The second kappa shape index (κ2) is 7.18. The summed E-state index contributed by atoms with van der Waals surface area (Å²) in [6, 6.07) is 9.94. The van der Waals surface area contributed by atoms with Gasteiger partial charge in [0.05, 0.1) is 12.8 Å². The van der Waals surface area contributed by atoms with Crippen LogP contribution in [-0.4, -0.2) is 36.4 Å². The third-order valence-corrected chi connectivity index (χ3v) is 4.29. The van der Waals surface area contributed by atoms with Crippen LogP contribution in [0.3, 0.4) is 0 Å². The Bertz CT molecular complexity index is 845. The average Bonchev–Trinajstić information content (AvgIpc) is 3.20. The number of carbonyl (C=O) groups excluding carboxylic acids is 3. The second-order valence-corrected chi connectivity index (χ2v) is 6.12. The number of ether oxygens (including phenoxy) is 1. The molecule has 1 aliphatic heterocycles. The molecule has 0 bridgehead atoms. The molecule has 128 valence electrons. The molecule has 1 fully saturated rings. The maximum atomic E-state index is 12.3. The molecule has 0 atom stereocenters. The number of benzene rings is 1. The normalized spacial score (nSPS) is 15.4. The van der Waals surface area contributed by atoms with Gasteiger partial charge in [0.25, 0.3) is 5.91 Å². The first-order valence-corrected chi connectivity index (χ1v) is 8.27. The molecule has 1 aromatic heterocycles. The lowest BCUT2D eigenvalue weighted by atomic mass is 10.3. The fraction of sp³-hybridized carbons (Fsp3) is 0.118. The van der Waals surface area contributed by atoms with Crippen molar-refractivity contribution in [2.75, 3.05) is 19.0 Å². The largest absolute Gasteiger partial charge is 0.495 e. The summed E-state index contributed by atoms with van der Waals surface area (Å²) < 4.78 is 5.15. The third kappa shape index (κ3) is 3.69. The van der Waals surface area contributed by atoms with Crippen molar-refractivity contribution >= 4 is 40.9 Å². The number of anilines is 1. The predicted molar refractivity (Wildman–Crippen MR) is 94.2 cm³/mol. The Hall–Kier alpha value is -3.13. The smallest absolute Gasteiger partial charge is 0.329 e. The first-order valence-electron chi connectivity index (χ1n) is 7.39. The van der Waals surface area contributed by atoms with Gasteiger partial charge in [0, 0.05) is 4.88 Å². The molecule has 0 radical (unpaired) electrons. The van der Waals surface area contributed by atoms with Crippen molar-refractivity contribution in [2.45, 2.75) is 0 Å². The van der Waals surface area contributed by atoms with Crippen LogP contribution in [0.2, 0.25) is 0 Å². The zero-order valence-electron chi connectivity index (χ0n) is 13.3. The van der Waals surface area contributed by atoms with E-state index in [0.717, 1.165) is 9.78 Å². The summed E-state index contributed by atoms with van der Waals surface area (Å²) in [4.78, 5) is 38.2. The van der Waals surface area contributed by atoms with E-state index in [4.69, 9.17) is 4.74 Å². The highest BCUT2D eigenvalue weighted by atomic mass is 32.1. The number of para-hydroxylation sites is 2. The molecule has 1 aromatic carbocycles. The highest BCUT2D eigenvalue weighted by Crippen LogP contribution is 2.23. The van der Waals surface area contributed by atoms with E-state index in [9.17, 15) is 14.4 Å². The van der Waals surface area contributed by atoms with E-state index in [0.29, 0.717) is 11.4 Å². The monoisotopic (exact) mass is 357 g/mol. The molecule has 0 saturated carbocycles. The highest BCUT2D eigenvalue weighted by Gasteiger charge is 2.35. The quantitative estimate of drug-likeness (QED) is 0.635. The number of nitrogens with one attached hydrogen (secondary N) is 2. The maximum Gasteiger partial charge on any atom is 0.329 e. The van der Waals surface area contributed by atoms with E-state index >= 15 is 0 Å². The van der Waals surface area contributed by atoms with Crippen LogP contribution in [0.1, 0.15) is 4.88 Å². The van der Waals surface area contributed by atoms with Crippen LogP contribution in [0.5, 0.6) is 5.75 Å². The van der Waals surface area contributed by atoms with Crippen molar-refractivity contribution in [3.63, 3.8) is 0 Å². The summed E-state index contributed by atoms with van der Waals surface area (Å²) in [5, 5.41) is 6.99. The van der Waals surface area contributed by atoms with Gasteiger partial charge in [-0.25, -0.2) is 9.69 Å². The summed E-state index contributed by atoms with van der Waals surface area (Å²) >= 11 is 1.44. The predicted octanol–water partition coefficient (Wildman–Crippen LogP) is 2.29. The van der Waals surface area contributed by atoms with Gasteiger partial charge in [-0.05, 0) is 29.7 Å². The number of imide groups is 1. The van der Waals surface area contributed by atoms with Gasteiger partial charge in [0.2, 0.25) is 5.91 Å². The molecule has 2 aromatic rings. The summed E-state index contributed by atoms with van der Waals surface area (Å²) in [6.07, 6.45) is 1.59. The van der Waals surface area contributed by atoms with Crippen LogP contribution in [0, 0.1) is 0 Å². The Kier molecular flexibility index (Phi) is 4.80. The van der Waals surface area contributed by atoms with Crippen LogP contribution < -0.4 is 15.4 Å². The van der Waals surface area contributed by atoms with Crippen molar-refractivity contribution in [2.24, 2.45) is 0 Å². The number of hydrogen-bond acceptors (Lipinski definition) is 5. The minimum atomic E-state index is -0.622. The first kappa shape index (κ1) is 16.7. The lowest BCUT2D eigenvalue weighted by Gasteiger charge is -2.13. The first-order chi connectivity index (χ1) is 12.1. The molecular weight excluding hydrogens is 342 g/mol. The Morgan fingerprint density at radius 2 is 2.08 bits per heavy atom. The minimum absolute atomic E-state index is 0.151. The van der Waals surface area contributed by atoms with Crippen molar-refractivity contribution in [3.8, 4) is 5.75 Å². The van der Waals surface area contributed by atoms with Gasteiger partial charge >= 0.3 is 6.03 Å². The summed E-state index contributed by atoms with van der Waals surface area (Å²) in [7, 11) is 1.49. The lowest BCUT2D eigenvalue weighted by Crippen LogP contribution is -2.38. The molecule has 2 N–H and O–H groups in total. The SMILES string of the molecule is COc1ccccc1NC(=O)CN1C(=O)N/C(=C/c2cccs2)C1=O. The molecule has 4 amide bonds. The van der Waals surface area contributed by atoms with E-state index in [-0.39, 0.29) is 12.2 Å². The number of urea groups is 1. The number of methoxy groups -OCH3 is 1. The molecule has 0 aliphatic carbocycles. The van der Waals surface area contributed by atoms with E-state index < -0.39 is 17.8 Å². The number of nitrogens with zero attached hydrogens (tertiary/aromatic N) is 1. The van der Waals surface area contributed by atoms with E-state index in [1.165, 1.54) is 18.4 Å². The molecule has 3 rings (SSSR count). The summed E-state index contributed by atoms with van der Waals surface area (Å²) in [5.74, 6) is -0.537. The maximum absolute atomic E-state index is 12.3. The fourth-order valence-corrected chi connectivity index (χ4v) is 2.97. The Labute approximate surface area is 147 Å². The third-order valence-electron chi connectivity index (χ3n) is 3.47. The molecular formula is C17H15N3O4S. The van der Waals surface area contributed by atoms with E-state index in [1.807, 2.05) is 17.5 Å². The van der Waals surface area contributed by atoms with Crippen LogP contribution >= 0.6 is 11.3 Å². The fourth-order valence-electron chi connectivity index (χ4n) is 2.31. The second-order valence-electron chi connectivity index (χ2n) is 5.14. The number of rotatable bonds is 5. The zero-order valence-corrected chi connectivity index (χ0v) is 14.1. The molecule has 1 saturated heterocycles. The molecule has 25 heavy (non-hydrogen) atoms. The van der Waals surface area contributed by atoms with Crippen LogP contribution in [0.4, 0.5) is 10.5 Å². The Balaban J connectivity index is 1.69. The van der Waals surface area contributed by atoms with Crippen molar-refractivity contribution in [1.82, 2.24) is 10.2 Å². The average molecular weight is 357 g/mol. The van der Waals surface area contributed by atoms with Gasteiger partial charge in [-0.1, -0.05) is 18.2 Å². The molecule has 8 heteroatoms. The summed E-state index contributed by atoms with van der Waals surface area (Å²) in [6.45, 7) is -0.384. The van der Waals surface area contributed by atoms with Crippen molar-refractivity contribution in [1.29, 1.82) is 0 Å². The Morgan fingerprint density at radius 1 is 1.28 bits per heavy atom. The van der Waals surface area contributed by atoms with E-state index in [2.05, 4.69) is 10.6 Å². The Morgan fingerprint density at radius 3 is 2.80 bits per heavy atom. The summed E-state index contributed by atoms with van der Waals surface area (Å²) in [5.41, 5.74) is 0.619.